The second-order valence-electron chi connectivity index (χ2n) is 19.6. The first-order valence-electron chi connectivity index (χ1n) is 28.7. The SMILES string of the molecule is CCCCCCCC/C=C\CCCCCCCCCCCC(=O)OC(COC(=O)CCCCCCC)COC(=O)CCCCCCCCCCCCCCCCCCCCCCCC. The maximum absolute atomic E-state index is 12.8. The van der Waals surface area contributed by atoms with Gasteiger partial charge in [0.1, 0.15) is 13.2 Å². The molecule has 0 aliphatic rings. The van der Waals surface area contributed by atoms with E-state index in [0.717, 1.165) is 64.2 Å². The quantitative estimate of drug-likeness (QED) is 0.0262. The fourth-order valence-corrected chi connectivity index (χ4v) is 8.68. The van der Waals surface area contributed by atoms with Crippen molar-refractivity contribution in [3.8, 4) is 0 Å². The molecule has 0 aliphatic heterocycles. The van der Waals surface area contributed by atoms with E-state index >= 15 is 0 Å². The number of rotatable bonds is 53. The van der Waals surface area contributed by atoms with Crippen LogP contribution in [0, 0.1) is 0 Å². The molecular formula is C58H110O6. The lowest BCUT2D eigenvalue weighted by atomic mass is 10.0. The Bertz CT molecular complexity index is 993. The molecule has 0 saturated heterocycles. The van der Waals surface area contributed by atoms with Gasteiger partial charge < -0.3 is 14.2 Å². The molecule has 0 amide bonds. The van der Waals surface area contributed by atoms with Crippen LogP contribution in [0.5, 0.6) is 0 Å². The van der Waals surface area contributed by atoms with E-state index in [4.69, 9.17) is 14.2 Å². The molecule has 0 heterocycles. The Morgan fingerprint density at radius 2 is 0.516 bits per heavy atom. The molecule has 378 valence electrons. The average molecular weight is 904 g/mol. The summed E-state index contributed by atoms with van der Waals surface area (Å²) in [4.78, 5) is 37.8. The van der Waals surface area contributed by atoms with Gasteiger partial charge >= 0.3 is 17.9 Å². The number of unbranched alkanes of at least 4 members (excludes halogenated alkanes) is 40. The third kappa shape index (κ3) is 51.1. The highest BCUT2D eigenvalue weighted by atomic mass is 16.6. The molecule has 0 aromatic carbocycles. The highest BCUT2D eigenvalue weighted by Crippen LogP contribution is 2.17. The van der Waals surface area contributed by atoms with E-state index in [0.29, 0.717) is 19.3 Å². The van der Waals surface area contributed by atoms with Crippen LogP contribution in [0.3, 0.4) is 0 Å². The molecule has 6 nitrogen and oxygen atoms in total. The number of allylic oxidation sites excluding steroid dienone is 2. The van der Waals surface area contributed by atoms with Crippen LogP contribution in [-0.4, -0.2) is 37.2 Å². The van der Waals surface area contributed by atoms with Crippen molar-refractivity contribution in [1.82, 2.24) is 0 Å². The standard InChI is InChI=1S/C58H110O6/c1-4-7-10-13-15-17-19-21-23-25-27-28-29-31-32-34-36-38-40-42-45-48-51-57(60)63-54-55(53-62-56(59)50-47-44-12-9-6-3)64-58(61)52-49-46-43-41-39-37-35-33-30-26-24-22-20-18-16-14-11-8-5-2/h22,24,55H,4-21,23,25-54H2,1-3H3/b24-22-. The monoisotopic (exact) mass is 903 g/mol. The summed E-state index contributed by atoms with van der Waals surface area (Å²) in [5, 5.41) is 0. The van der Waals surface area contributed by atoms with Gasteiger partial charge in [0, 0.05) is 19.3 Å². The van der Waals surface area contributed by atoms with Gasteiger partial charge in [0.05, 0.1) is 0 Å². The van der Waals surface area contributed by atoms with Crippen molar-refractivity contribution < 1.29 is 28.6 Å². The Hall–Kier alpha value is -1.85. The van der Waals surface area contributed by atoms with Crippen LogP contribution >= 0.6 is 0 Å². The minimum Gasteiger partial charge on any atom is -0.462 e. The van der Waals surface area contributed by atoms with Gasteiger partial charge in [0.15, 0.2) is 6.10 Å². The van der Waals surface area contributed by atoms with Crippen LogP contribution in [0.2, 0.25) is 0 Å². The zero-order chi connectivity index (χ0) is 46.5. The summed E-state index contributed by atoms with van der Waals surface area (Å²) in [5.41, 5.74) is 0. The van der Waals surface area contributed by atoms with Gasteiger partial charge in [0.2, 0.25) is 0 Å². The van der Waals surface area contributed by atoms with Gasteiger partial charge in [-0.05, 0) is 44.9 Å². The van der Waals surface area contributed by atoms with E-state index in [9.17, 15) is 14.4 Å². The molecule has 1 unspecified atom stereocenters. The third-order valence-electron chi connectivity index (χ3n) is 13.0. The van der Waals surface area contributed by atoms with Gasteiger partial charge in [-0.1, -0.05) is 270 Å². The summed E-state index contributed by atoms with van der Waals surface area (Å²) >= 11 is 0. The minimum atomic E-state index is -0.763. The number of carbonyl (C=O) groups is 3. The molecule has 0 spiro atoms. The van der Waals surface area contributed by atoms with Gasteiger partial charge in [0.25, 0.3) is 0 Å². The normalized spacial score (nSPS) is 12.0. The van der Waals surface area contributed by atoms with Crippen molar-refractivity contribution in [2.75, 3.05) is 13.2 Å². The first kappa shape index (κ1) is 62.1. The van der Waals surface area contributed by atoms with Crippen molar-refractivity contribution >= 4 is 17.9 Å². The average Bonchev–Trinajstić information content (AvgIpc) is 3.29. The van der Waals surface area contributed by atoms with E-state index in [-0.39, 0.29) is 31.1 Å². The Kier molecular flexibility index (Phi) is 52.2. The maximum Gasteiger partial charge on any atom is 0.306 e. The van der Waals surface area contributed by atoms with Crippen LogP contribution < -0.4 is 0 Å². The molecule has 6 heteroatoms. The smallest absolute Gasteiger partial charge is 0.306 e. The Morgan fingerprint density at radius 1 is 0.297 bits per heavy atom. The molecular weight excluding hydrogens is 793 g/mol. The zero-order valence-corrected chi connectivity index (χ0v) is 43.3. The van der Waals surface area contributed by atoms with Gasteiger partial charge in [-0.15, -0.1) is 0 Å². The predicted molar refractivity (Wildman–Crippen MR) is 275 cm³/mol. The number of ether oxygens (including phenoxy) is 3. The Balaban J connectivity index is 4.04. The molecule has 0 saturated carbocycles. The van der Waals surface area contributed by atoms with Crippen molar-refractivity contribution in [2.45, 2.75) is 329 Å². The molecule has 0 rings (SSSR count). The third-order valence-corrected chi connectivity index (χ3v) is 13.0. The lowest BCUT2D eigenvalue weighted by molar-refractivity contribution is -0.167. The summed E-state index contributed by atoms with van der Waals surface area (Å²) in [7, 11) is 0. The van der Waals surface area contributed by atoms with Gasteiger partial charge in [-0.2, -0.15) is 0 Å². The summed E-state index contributed by atoms with van der Waals surface area (Å²) < 4.78 is 16.7. The first-order chi connectivity index (χ1) is 31.5. The molecule has 0 N–H and O–H groups in total. The van der Waals surface area contributed by atoms with Crippen molar-refractivity contribution in [3.63, 3.8) is 0 Å². The zero-order valence-electron chi connectivity index (χ0n) is 43.3. The molecule has 1 atom stereocenters. The molecule has 0 fully saturated rings. The summed E-state index contributed by atoms with van der Waals surface area (Å²) in [6, 6.07) is 0. The van der Waals surface area contributed by atoms with E-state index in [1.54, 1.807) is 0 Å². The highest BCUT2D eigenvalue weighted by molar-refractivity contribution is 5.71. The fraction of sp³-hybridized carbons (Fsp3) is 0.914. The fourth-order valence-electron chi connectivity index (χ4n) is 8.68. The second-order valence-corrected chi connectivity index (χ2v) is 19.6. The van der Waals surface area contributed by atoms with Crippen molar-refractivity contribution in [2.24, 2.45) is 0 Å². The van der Waals surface area contributed by atoms with Gasteiger partial charge in [-0.25, -0.2) is 0 Å². The van der Waals surface area contributed by atoms with Crippen LogP contribution in [0.1, 0.15) is 323 Å². The van der Waals surface area contributed by atoms with E-state index in [1.807, 2.05) is 0 Å². The lowest BCUT2D eigenvalue weighted by Gasteiger charge is -2.18. The molecule has 0 radical (unpaired) electrons. The highest BCUT2D eigenvalue weighted by Gasteiger charge is 2.19. The number of esters is 3. The van der Waals surface area contributed by atoms with E-state index in [2.05, 4.69) is 32.9 Å². The number of hydrogen-bond acceptors (Lipinski definition) is 6. The van der Waals surface area contributed by atoms with Crippen LogP contribution in [0.15, 0.2) is 12.2 Å². The van der Waals surface area contributed by atoms with E-state index in [1.165, 1.54) is 218 Å². The molecule has 64 heavy (non-hydrogen) atoms. The van der Waals surface area contributed by atoms with Crippen molar-refractivity contribution in [1.29, 1.82) is 0 Å². The van der Waals surface area contributed by atoms with Crippen molar-refractivity contribution in [3.05, 3.63) is 12.2 Å². The number of hydrogen-bond donors (Lipinski definition) is 0. The predicted octanol–water partition coefficient (Wildman–Crippen LogP) is 18.9. The van der Waals surface area contributed by atoms with Gasteiger partial charge in [-0.3, -0.25) is 14.4 Å². The summed E-state index contributed by atoms with van der Waals surface area (Å²) in [5.74, 6) is -0.862. The summed E-state index contributed by atoms with van der Waals surface area (Å²) in [6.45, 7) is 6.60. The minimum absolute atomic E-state index is 0.0663. The molecule has 0 aromatic heterocycles. The Morgan fingerprint density at radius 3 is 0.781 bits per heavy atom. The lowest BCUT2D eigenvalue weighted by Crippen LogP contribution is -2.30. The second kappa shape index (κ2) is 53.8. The maximum atomic E-state index is 12.8. The molecule has 0 bridgehead atoms. The first-order valence-corrected chi connectivity index (χ1v) is 28.7. The van der Waals surface area contributed by atoms with Crippen LogP contribution in [0.25, 0.3) is 0 Å². The largest absolute Gasteiger partial charge is 0.462 e. The van der Waals surface area contributed by atoms with E-state index < -0.39 is 6.10 Å². The Labute approximate surface area is 399 Å². The topological polar surface area (TPSA) is 78.9 Å². The van der Waals surface area contributed by atoms with Crippen LogP contribution in [-0.2, 0) is 28.6 Å². The molecule has 0 aliphatic carbocycles. The van der Waals surface area contributed by atoms with Crippen LogP contribution in [0.4, 0.5) is 0 Å². The number of carbonyl (C=O) groups excluding carboxylic acids is 3. The summed E-state index contributed by atoms with van der Waals surface area (Å²) in [6.07, 6.45) is 61.1. The molecule has 0 aromatic rings.